The van der Waals surface area contributed by atoms with Crippen molar-refractivity contribution in [3.05, 3.63) is 36.0 Å². The molecule has 90 valence electrons. The summed E-state index contributed by atoms with van der Waals surface area (Å²) in [5.74, 6) is 0.580. The van der Waals surface area contributed by atoms with Crippen LogP contribution in [-0.2, 0) is 13.0 Å². The first-order valence-corrected chi connectivity index (χ1v) is 5.48. The maximum absolute atomic E-state index is 5.35. The molecule has 0 aliphatic rings. The molecule has 2 aromatic heterocycles. The molecule has 0 spiro atoms. The van der Waals surface area contributed by atoms with Crippen LogP contribution in [0.5, 0.6) is 0 Å². The molecular weight excluding hydrogens is 218 g/mol. The van der Waals surface area contributed by atoms with E-state index in [0.717, 1.165) is 13.0 Å². The molecule has 0 aromatic carbocycles. The molecule has 0 radical (unpaired) electrons. The van der Waals surface area contributed by atoms with E-state index < -0.39 is 0 Å². The Kier molecular flexibility index (Phi) is 4.04. The summed E-state index contributed by atoms with van der Waals surface area (Å²) in [4.78, 5) is 4.05. The Morgan fingerprint density at radius 1 is 1.35 bits per heavy atom. The van der Waals surface area contributed by atoms with Crippen molar-refractivity contribution in [1.82, 2.24) is 20.5 Å². The predicted molar refractivity (Wildman–Crippen MR) is 63.5 cm³/mol. The summed E-state index contributed by atoms with van der Waals surface area (Å²) in [6, 6.07) is 4.42. The molecule has 0 atom stereocenters. The SMILES string of the molecule is CNCc1nnc(NCCc2cccnc2)o1. The Morgan fingerprint density at radius 3 is 3.06 bits per heavy atom. The monoisotopic (exact) mass is 233 g/mol. The topological polar surface area (TPSA) is 75.9 Å². The second-order valence-corrected chi connectivity index (χ2v) is 3.57. The summed E-state index contributed by atoms with van der Waals surface area (Å²) in [5.41, 5.74) is 1.18. The van der Waals surface area contributed by atoms with Crippen LogP contribution in [0, 0.1) is 0 Å². The third kappa shape index (κ3) is 3.53. The number of nitrogens with one attached hydrogen (secondary N) is 2. The Hall–Kier alpha value is -1.95. The second kappa shape index (κ2) is 5.95. The van der Waals surface area contributed by atoms with E-state index in [2.05, 4.69) is 25.8 Å². The zero-order chi connectivity index (χ0) is 11.9. The highest BCUT2D eigenvalue weighted by molar-refractivity contribution is 5.18. The minimum absolute atomic E-state index is 0.458. The van der Waals surface area contributed by atoms with Crippen LogP contribution in [0.1, 0.15) is 11.5 Å². The summed E-state index contributed by atoms with van der Waals surface area (Å²) in [6.45, 7) is 1.32. The van der Waals surface area contributed by atoms with Crippen molar-refractivity contribution in [2.75, 3.05) is 18.9 Å². The Morgan fingerprint density at radius 2 is 2.29 bits per heavy atom. The molecule has 2 rings (SSSR count). The van der Waals surface area contributed by atoms with E-state index in [0.29, 0.717) is 18.5 Å². The van der Waals surface area contributed by atoms with E-state index in [1.165, 1.54) is 5.56 Å². The van der Waals surface area contributed by atoms with Gasteiger partial charge >= 0.3 is 6.01 Å². The first kappa shape index (κ1) is 11.5. The molecule has 0 aliphatic carbocycles. The lowest BCUT2D eigenvalue weighted by molar-refractivity contribution is 0.489. The lowest BCUT2D eigenvalue weighted by Gasteiger charge is -2.00. The van der Waals surface area contributed by atoms with E-state index in [9.17, 15) is 0 Å². The smallest absolute Gasteiger partial charge is 0.315 e. The van der Waals surface area contributed by atoms with Gasteiger partial charge in [0.1, 0.15) is 0 Å². The number of hydrogen-bond acceptors (Lipinski definition) is 6. The van der Waals surface area contributed by atoms with E-state index >= 15 is 0 Å². The maximum Gasteiger partial charge on any atom is 0.315 e. The standard InChI is InChI=1S/C11H15N5O/c1-12-8-10-15-16-11(17-10)14-6-4-9-3-2-5-13-7-9/h2-3,5,7,12H,4,6,8H2,1H3,(H,14,16). The van der Waals surface area contributed by atoms with Crippen LogP contribution in [0.4, 0.5) is 6.01 Å². The van der Waals surface area contributed by atoms with Crippen molar-refractivity contribution < 1.29 is 4.42 Å². The third-order valence-corrected chi connectivity index (χ3v) is 2.21. The highest BCUT2D eigenvalue weighted by Crippen LogP contribution is 2.05. The van der Waals surface area contributed by atoms with Crippen molar-refractivity contribution in [2.45, 2.75) is 13.0 Å². The average Bonchev–Trinajstić information content (AvgIpc) is 2.79. The van der Waals surface area contributed by atoms with Crippen LogP contribution < -0.4 is 10.6 Å². The normalized spacial score (nSPS) is 10.4. The van der Waals surface area contributed by atoms with Gasteiger partial charge in [0, 0.05) is 18.9 Å². The van der Waals surface area contributed by atoms with Crippen molar-refractivity contribution in [1.29, 1.82) is 0 Å². The zero-order valence-corrected chi connectivity index (χ0v) is 9.68. The molecule has 0 saturated heterocycles. The summed E-state index contributed by atoms with van der Waals surface area (Å²) in [7, 11) is 1.83. The molecule has 0 unspecified atom stereocenters. The molecule has 17 heavy (non-hydrogen) atoms. The van der Waals surface area contributed by atoms with Gasteiger partial charge in [-0.3, -0.25) is 4.98 Å². The van der Waals surface area contributed by atoms with E-state index in [1.54, 1.807) is 6.20 Å². The van der Waals surface area contributed by atoms with Gasteiger partial charge in [-0.2, -0.15) is 0 Å². The summed E-state index contributed by atoms with van der Waals surface area (Å²) in [5, 5.41) is 13.8. The quantitative estimate of drug-likeness (QED) is 0.770. The largest absolute Gasteiger partial charge is 0.407 e. The summed E-state index contributed by atoms with van der Waals surface area (Å²) >= 11 is 0. The minimum atomic E-state index is 0.458. The Bertz CT molecular complexity index is 442. The molecule has 0 amide bonds. The molecule has 2 heterocycles. The maximum atomic E-state index is 5.35. The molecule has 2 aromatic rings. The first-order chi connectivity index (χ1) is 8.38. The number of nitrogens with zero attached hydrogens (tertiary/aromatic N) is 3. The number of hydrogen-bond donors (Lipinski definition) is 2. The van der Waals surface area contributed by atoms with Crippen LogP contribution in [0.3, 0.4) is 0 Å². The fraction of sp³-hybridized carbons (Fsp3) is 0.364. The van der Waals surface area contributed by atoms with Crippen molar-refractivity contribution >= 4 is 6.01 Å². The molecule has 2 N–H and O–H groups in total. The van der Waals surface area contributed by atoms with Crippen LogP contribution in [-0.4, -0.2) is 28.8 Å². The lowest BCUT2D eigenvalue weighted by atomic mass is 10.2. The summed E-state index contributed by atoms with van der Waals surface area (Å²) in [6.07, 6.45) is 4.48. The number of pyridine rings is 1. The van der Waals surface area contributed by atoms with E-state index in [-0.39, 0.29) is 0 Å². The average molecular weight is 233 g/mol. The fourth-order valence-corrected chi connectivity index (χ4v) is 1.41. The first-order valence-electron chi connectivity index (χ1n) is 5.48. The number of anilines is 1. The predicted octanol–water partition coefficient (Wildman–Crippen LogP) is 0.839. The van der Waals surface area contributed by atoms with Gasteiger partial charge in [0.05, 0.1) is 6.54 Å². The fourth-order valence-electron chi connectivity index (χ4n) is 1.41. The molecule has 6 nitrogen and oxygen atoms in total. The van der Waals surface area contributed by atoms with Crippen LogP contribution in [0.15, 0.2) is 28.9 Å². The van der Waals surface area contributed by atoms with Gasteiger partial charge in [-0.1, -0.05) is 11.2 Å². The van der Waals surface area contributed by atoms with Gasteiger partial charge in [0.25, 0.3) is 0 Å². The highest BCUT2D eigenvalue weighted by atomic mass is 16.4. The molecule has 6 heteroatoms. The van der Waals surface area contributed by atoms with Crippen LogP contribution in [0.25, 0.3) is 0 Å². The molecule has 0 bridgehead atoms. The van der Waals surface area contributed by atoms with Crippen LogP contribution in [0.2, 0.25) is 0 Å². The zero-order valence-electron chi connectivity index (χ0n) is 9.68. The van der Waals surface area contributed by atoms with Crippen molar-refractivity contribution in [3.63, 3.8) is 0 Å². The highest BCUT2D eigenvalue weighted by Gasteiger charge is 2.03. The molecular formula is C11H15N5O. The van der Waals surface area contributed by atoms with Gasteiger partial charge in [-0.05, 0) is 25.1 Å². The Labute approximate surface area is 99.5 Å². The van der Waals surface area contributed by atoms with Crippen molar-refractivity contribution in [3.8, 4) is 0 Å². The van der Waals surface area contributed by atoms with Crippen LogP contribution >= 0.6 is 0 Å². The lowest BCUT2D eigenvalue weighted by Crippen LogP contribution is -2.05. The van der Waals surface area contributed by atoms with Gasteiger partial charge in [0.15, 0.2) is 0 Å². The number of aromatic nitrogens is 3. The molecule has 0 saturated carbocycles. The van der Waals surface area contributed by atoms with Gasteiger partial charge < -0.3 is 15.1 Å². The second-order valence-electron chi connectivity index (χ2n) is 3.57. The molecule has 0 aliphatic heterocycles. The van der Waals surface area contributed by atoms with Gasteiger partial charge in [-0.25, -0.2) is 0 Å². The van der Waals surface area contributed by atoms with E-state index in [4.69, 9.17) is 4.42 Å². The van der Waals surface area contributed by atoms with Gasteiger partial charge in [0.2, 0.25) is 5.89 Å². The number of rotatable bonds is 6. The Balaban J connectivity index is 1.78. The molecule has 0 fully saturated rings. The van der Waals surface area contributed by atoms with E-state index in [1.807, 2.05) is 25.4 Å². The van der Waals surface area contributed by atoms with Crippen molar-refractivity contribution in [2.24, 2.45) is 0 Å². The summed E-state index contributed by atoms with van der Waals surface area (Å²) < 4.78 is 5.35. The minimum Gasteiger partial charge on any atom is -0.407 e. The van der Waals surface area contributed by atoms with Gasteiger partial charge in [-0.15, -0.1) is 5.10 Å². The third-order valence-electron chi connectivity index (χ3n) is 2.21.